The summed E-state index contributed by atoms with van der Waals surface area (Å²) < 4.78 is 5.15. The molecule has 104 valence electrons. The minimum Gasteiger partial charge on any atom is -0.497 e. The highest BCUT2D eigenvalue weighted by molar-refractivity contribution is 5.75. The van der Waals surface area contributed by atoms with E-state index in [0.717, 1.165) is 11.3 Å². The Hall–Kier alpha value is -2.43. The van der Waals surface area contributed by atoms with E-state index in [1.165, 1.54) is 6.33 Å². The Morgan fingerprint density at radius 1 is 1.35 bits per heavy atom. The van der Waals surface area contributed by atoms with Crippen molar-refractivity contribution in [3.63, 3.8) is 0 Å². The molecular weight excluding hydrogens is 256 g/mol. The number of ether oxygens (including phenoxy) is 1. The molecular formula is C15H16N2O3. The first-order valence-electron chi connectivity index (χ1n) is 6.24. The van der Waals surface area contributed by atoms with E-state index in [-0.39, 0.29) is 0 Å². The molecule has 0 aliphatic carbocycles. The van der Waals surface area contributed by atoms with E-state index in [0.29, 0.717) is 17.9 Å². The number of hydrogen-bond acceptors (Lipinski definition) is 4. The van der Waals surface area contributed by atoms with Gasteiger partial charge >= 0.3 is 5.97 Å². The number of carbonyl (C=O) groups is 1. The maximum Gasteiger partial charge on any atom is 0.312 e. The highest BCUT2D eigenvalue weighted by Crippen LogP contribution is 2.22. The van der Waals surface area contributed by atoms with Crippen molar-refractivity contribution in [2.75, 3.05) is 7.11 Å². The summed E-state index contributed by atoms with van der Waals surface area (Å²) in [6, 6.07) is 9.10. The quantitative estimate of drug-likeness (QED) is 0.903. The number of nitrogens with zero attached hydrogens (tertiary/aromatic N) is 2. The van der Waals surface area contributed by atoms with E-state index in [4.69, 9.17) is 4.74 Å². The lowest BCUT2D eigenvalue weighted by Gasteiger charge is -2.12. The third-order valence-corrected chi connectivity index (χ3v) is 3.05. The third kappa shape index (κ3) is 3.32. The molecule has 0 bridgehead atoms. The van der Waals surface area contributed by atoms with Gasteiger partial charge in [0.2, 0.25) is 0 Å². The average molecular weight is 272 g/mol. The smallest absolute Gasteiger partial charge is 0.312 e. The molecule has 1 aromatic carbocycles. The second-order valence-electron chi connectivity index (χ2n) is 4.53. The molecule has 0 spiro atoms. The minimum absolute atomic E-state index is 0.364. The van der Waals surface area contributed by atoms with Crippen molar-refractivity contribution in [1.82, 2.24) is 9.97 Å². The summed E-state index contributed by atoms with van der Waals surface area (Å²) in [6.45, 7) is 1.82. The van der Waals surface area contributed by atoms with Crippen LogP contribution in [0.1, 0.15) is 22.9 Å². The first kappa shape index (κ1) is 14.0. The number of aryl methyl sites for hydroxylation is 1. The average Bonchev–Trinajstić information content (AvgIpc) is 2.44. The fourth-order valence-corrected chi connectivity index (χ4v) is 2.02. The highest BCUT2D eigenvalue weighted by Gasteiger charge is 2.22. The Labute approximate surface area is 117 Å². The second kappa shape index (κ2) is 6.14. The molecule has 0 aliphatic rings. The maximum absolute atomic E-state index is 11.5. The monoisotopic (exact) mass is 272 g/mol. The topological polar surface area (TPSA) is 72.3 Å². The number of aromatic nitrogens is 2. The van der Waals surface area contributed by atoms with Gasteiger partial charge in [-0.15, -0.1) is 0 Å². The lowest BCUT2D eigenvalue weighted by atomic mass is 9.95. The van der Waals surface area contributed by atoms with Crippen LogP contribution in [0.15, 0.2) is 36.7 Å². The van der Waals surface area contributed by atoms with Crippen LogP contribution in [-0.2, 0) is 11.2 Å². The summed E-state index contributed by atoms with van der Waals surface area (Å²) in [4.78, 5) is 19.5. The van der Waals surface area contributed by atoms with E-state index in [9.17, 15) is 9.90 Å². The number of carboxylic acids is 1. The first-order valence-corrected chi connectivity index (χ1v) is 6.24. The van der Waals surface area contributed by atoms with E-state index in [1.54, 1.807) is 13.2 Å². The predicted molar refractivity (Wildman–Crippen MR) is 73.8 cm³/mol. The van der Waals surface area contributed by atoms with Gasteiger partial charge in [0.25, 0.3) is 0 Å². The molecule has 1 heterocycles. The van der Waals surface area contributed by atoms with Crippen LogP contribution in [-0.4, -0.2) is 28.2 Å². The number of benzene rings is 1. The molecule has 0 saturated heterocycles. The van der Waals surface area contributed by atoms with E-state index in [1.807, 2.05) is 31.2 Å². The zero-order chi connectivity index (χ0) is 14.5. The maximum atomic E-state index is 11.5. The van der Waals surface area contributed by atoms with Crippen molar-refractivity contribution in [2.24, 2.45) is 0 Å². The molecule has 0 fully saturated rings. The molecule has 0 saturated carbocycles. The van der Waals surface area contributed by atoms with Gasteiger partial charge in [0.15, 0.2) is 0 Å². The summed E-state index contributed by atoms with van der Waals surface area (Å²) in [5, 5.41) is 9.41. The predicted octanol–water partition coefficient (Wildman–Crippen LogP) is 2.20. The summed E-state index contributed by atoms with van der Waals surface area (Å²) in [5.74, 6) is -0.875. The highest BCUT2D eigenvalue weighted by atomic mass is 16.5. The molecule has 20 heavy (non-hydrogen) atoms. The summed E-state index contributed by atoms with van der Waals surface area (Å²) >= 11 is 0. The molecule has 1 aromatic heterocycles. The Bertz CT molecular complexity index is 614. The number of hydrogen-bond donors (Lipinski definition) is 1. The van der Waals surface area contributed by atoms with Crippen LogP contribution in [0.5, 0.6) is 5.75 Å². The van der Waals surface area contributed by atoms with Gasteiger partial charge in [-0.2, -0.15) is 0 Å². The fraction of sp³-hybridized carbons (Fsp3) is 0.267. The summed E-state index contributed by atoms with van der Waals surface area (Å²) in [7, 11) is 1.58. The van der Waals surface area contributed by atoms with Crippen molar-refractivity contribution < 1.29 is 14.6 Å². The van der Waals surface area contributed by atoms with Gasteiger partial charge < -0.3 is 9.84 Å². The van der Waals surface area contributed by atoms with Crippen LogP contribution in [0.4, 0.5) is 0 Å². The molecule has 5 heteroatoms. The van der Waals surface area contributed by atoms with Gasteiger partial charge in [0, 0.05) is 5.69 Å². The fourth-order valence-electron chi connectivity index (χ4n) is 2.02. The van der Waals surface area contributed by atoms with E-state index in [2.05, 4.69) is 9.97 Å². The molecule has 5 nitrogen and oxygen atoms in total. The van der Waals surface area contributed by atoms with Gasteiger partial charge in [0.1, 0.15) is 18.0 Å². The van der Waals surface area contributed by atoms with Gasteiger partial charge in [-0.25, -0.2) is 9.97 Å². The number of rotatable bonds is 5. The normalized spacial score (nSPS) is 11.9. The van der Waals surface area contributed by atoms with Gasteiger partial charge in [-0.3, -0.25) is 4.79 Å². The molecule has 0 radical (unpaired) electrons. The Morgan fingerprint density at radius 2 is 2.15 bits per heavy atom. The van der Waals surface area contributed by atoms with Crippen LogP contribution in [0.25, 0.3) is 0 Å². The third-order valence-electron chi connectivity index (χ3n) is 3.05. The summed E-state index contributed by atoms with van der Waals surface area (Å²) in [5.41, 5.74) is 2.17. The van der Waals surface area contributed by atoms with Crippen molar-refractivity contribution in [2.45, 2.75) is 19.3 Å². The first-order chi connectivity index (χ1) is 9.60. The molecule has 0 amide bonds. The van der Waals surface area contributed by atoms with Crippen molar-refractivity contribution in [3.8, 4) is 5.75 Å². The molecule has 2 aromatic rings. The number of aliphatic carboxylic acids is 1. The van der Waals surface area contributed by atoms with Crippen molar-refractivity contribution in [1.29, 1.82) is 0 Å². The zero-order valence-electron chi connectivity index (χ0n) is 11.4. The molecule has 1 unspecified atom stereocenters. The van der Waals surface area contributed by atoms with Crippen molar-refractivity contribution in [3.05, 3.63) is 53.6 Å². The SMILES string of the molecule is COc1cccc(CC(C(=O)O)c2cc(C)ncn2)c1. The Morgan fingerprint density at radius 3 is 2.80 bits per heavy atom. The van der Waals surface area contributed by atoms with Crippen LogP contribution in [0.3, 0.4) is 0 Å². The zero-order valence-corrected chi connectivity index (χ0v) is 11.4. The van der Waals surface area contributed by atoms with Crippen molar-refractivity contribution >= 4 is 5.97 Å². The molecule has 2 rings (SSSR count). The second-order valence-corrected chi connectivity index (χ2v) is 4.53. The standard InChI is InChI=1S/C15H16N2O3/c1-10-6-14(17-9-16-10)13(15(18)19)8-11-4-3-5-12(7-11)20-2/h3-7,9,13H,8H2,1-2H3,(H,18,19). The largest absolute Gasteiger partial charge is 0.497 e. The Balaban J connectivity index is 2.28. The van der Waals surface area contributed by atoms with E-state index >= 15 is 0 Å². The van der Waals surface area contributed by atoms with Crippen LogP contribution in [0.2, 0.25) is 0 Å². The molecule has 1 atom stereocenters. The lowest BCUT2D eigenvalue weighted by molar-refractivity contribution is -0.138. The van der Waals surface area contributed by atoms with E-state index < -0.39 is 11.9 Å². The summed E-state index contributed by atoms with van der Waals surface area (Å²) in [6.07, 6.45) is 1.76. The van der Waals surface area contributed by atoms with Crippen LogP contribution >= 0.6 is 0 Å². The molecule has 1 N–H and O–H groups in total. The lowest BCUT2D eigenvalue weighted by Crippen LogP contribution is -2.16. The molecule has 0 aliphatic heterocycles. The van der Waals surface area contributed by atoms with Gasteiger partial charge in [-0.05, 0) is 37.1 Å². The number of methoxy groups -OCH3 is 1. The van der Waals surface area contributed by atoms with Crippen LogP contribution in [0, 0.1) is 6.92 Å². The minimum atomic E-state index is -0.897. The Kier molecular flexibility index (Phi) is 4.30. The van der Waals surface area contributed by atoms with Crippen LogP contribution < -0.4 is 4.74 Å². The number of carboxylic acid groups (broad SMARTS) is 1. The van der Waals surface area contributed by atoms with Gasteiger partial charge in [-0.1, -0.05) is 12.1 Å². The van der Waals surface area contributed by atoms with Gasteiger partial charge in [0.05, 0.1) is 12.8 Å².